The van der Waals surface area contributed by atoms with Crippen molar-refractivity contribution in [1.82, 2.24) is 10.2 Å². The second kappa shape index (κ2) is 7.24. The zero-order chi connectivity index (χ0) is 13.5. The molecular weight excluding hydrogens is 228 g/mol. The Bertz CT molecular complexity index is 367. The Morgan fingerprint density at radius 2 is 1.94 bits per heavy atom. The van der Waals surface area contributed by atoms with Gasteiger partial charge < -0.3 is 19.7 Å². The van der Waals surface area contributed by atoms with Gasteiger partial charge in [0.25, 0.3) is 0 Å². The summed E-state index contributed by atoms with van der Waals surface area (Å²) in [7, 11) is 7.53. The van der Waals surface area contributed by atoms with Gasteiger partial charge in [0.1, 0.15) is 11.5 Å². The largest absolute Gasteiger partial charge is 0.497 e. The molecule has 0 spiro atoms. The van der Waals surface area contributed by atoms with Crippen molar-refractivity contribution in [2.24, 2.45) is 0 Å². The molecule has 1 atom stereocenters. The minimum absolute atomic E-state index is 0.501. The van der Waals surface area contributed by atoms with Gasteiger partial charge in [-0.05, 0) is 39.2 Å². The van der Waals surface area contributed by atoms with Crippen LogP contribution in [0.2, 0.25) is 0 Å². The van der Waals surface area contributed by atoms with E-state index in [9.17, 15) is 0 Å². The molecule has 4 nitrogen and oxygen atoms in total. The zero-order valence-electron chi connectivity index (χ0n) is 12.0. The van der Waals surface area contributed by atoms with Gasteiger partial charge >= 0.3 is 0 Å². The van der Waals surface area contributed by atoms with Crippen LogP contribution < -0.4 is 14.8 Å². The second-order valence-electron chi connectivity index (χ2n) is 4.62. The molecule has 0 aromatic heterocycles. The summed E-state index contributed by atoms with van der Waals surface area (Å²) >= 11 is 0. The SMILES string of the molecule is COc1ccc(OC)c(CNCC(C)N(C)C)c1. The Morgan fingerprint density at radius 3 is 2.50 bits per heavy atom. The Hall–Kier alpha value is -1.26. The third-order valence-corrected chi connectivity index (χ3v) is 3.12. The number of benzene rings is 1. The molecule has 4 heteroatoms. The number of methoxy groups -OCH3 is 2. The smallest absolute Gasteiger partial charge is 0.123 e. The molecule has 0 aliphatic heterocycles. The first-order valence-corrected chi connectivity index (χ1v) is 6.16. The van der Waals surface area contributed by atoms with Crippen LogP contribution in [0.3, 0.4) is 0 Å². The van der Waals surface area contributed by atoms with E-state index in [4.69, 9.17) is 9.47 Å². The van der Waals surface area contributed by atoms with E-state index in [-0.39, 0.29) is 0 Å². The molecule has 1 N–H and O–H groups in total. The van der Waals surface area contributed by atoms with Crippen molar-refractivity contribution in [3.05, 3.63) is 23.8 Å². The van der Waals surface area contributed by atoms with E-state index < -0.39 is 0 Å². The molecule has 0 saturated carbocycles. The first-order valence-electron chi connectivity index (χ1n) is 6.16. The Labute approximate surface area is 110 Å². The van der Waals surface area contributed by atoms with Crippen LogP contribution in [-0.4, -0.2) is 45.8 Å². The van der Waals surface area contributed by atoms with Gasteiger partial charge in [-0.1, -0.05) is 0 Å². The highest BCUT2D eigenvalue weighted by atomic mass is 16.5. The average Bonchev–Trinajstić information content (AvgIpc) is 2.38. The van der Waals surface area contributed by atoms with E-state index in [0.29, 0.717) is 6.04 Å². The molecule has 0 radical (unpaired) electrons. The minimum atomic E-state index is 0.501. The van der Waals surface area contributed by atoms with Crippen LogP contribution >= 0.6 is 0 Å². The van der Waals surface area contributed by atoms with Crippen molar-refractivity contribution in [3.63, 3.8) is 0 Å². The highest BCUT2D eigenvalue weighted by Crippen LogP contribution is 2.23. The third kappa shape index (κ3) is 4.20. The van der Waals surface area contributed by atoms with Crippen molar-refractivity contribution in [3.8, 4) is 11.5 Å². The standard InChI is InChI=1S/C14H24N2O2/c1-11(16(2)3)9-15-10-12-8-13(17-4)6-7-14(12)18-5/h6-8,11,15H,9-10H2,1-5H3. The molecular formula is C14H24N2O2. The van der Waals surface area contributed by atoms with Gasteiger partial charge in [0.2, 0.25) is 0 Å². The lowest BCUT2D eigenvalue weighted by Gasteiger charge is -2.20. The van der Waals surface area contributed by atoms with Crippen LogP contribution in [0, 0.1) is 0 Å². The quantitative estimate of drug-likeness (QED) is 0.801. The first kappa shape index (κ1) is 14.8. The Morgan fingerprint density at radius 1 is 1.22 bits per heavy atom. The molecule has 0 fully saturated rings. The van der Waals surface area contributed by atoms with Crippen LogP contribution in [0.5, 0.6) is 11.5 Å². The van der Waals surface area contributed by atoms with Gasteiger partial charge in [0.15, 0.2) is 0 Å². The molecule has 1 aromatic carbocycles. The summed E-state index contributed by atoms with van der Waals surface area (Å²) in [5.74, 6) is 1.74. The summed E-state index contributed by atoms with van der Waals surface area (Å²) in [6.45, 7) is 3.90. The summed E-state index contributed by atoms with van der Waals surface area (Å²) in [5, 5.41) is 3.43. The lowest BCUT2D eigenvalue weighted by molar-refractivity contribution is 0.302. The van der Waals surface area contributed by atoms with Gasteiger partial charge in [0.05, 0.1) is 14.2 Å². The number of likely N-dealkylation sites (N-methyl/N-ethyl adjacent to an activating group) is 1. The normalized spacial score (nSPS) is 12.6. The minimum Gasteiger partial charge on any atom is -0.497 e. The van der Waals surface area contributed by atoms with Crippen LogP contribution in [0.25, 0.3) is 0 Å². The number of nitrogens with zero attached hydrogens (tertiary/aromatic N) is 1. The summed E-state index contributed by atoms with van der Waals surface area (Å²) in [4.78, 5) is 2.19. The number of nitrogens with one attached hydrogen (secondary N) is 1. The molecule has 0 amide bonds. The summed E-state index contributed by atoms with van der Waals surface area (Å²) < 4.78 is 10.6. The molecule has 102 valence electrons. The fourth-order valence-corrected chi connectivity index (χ4v) is 1.62. The fourth-order valence-electron chi connectivity index (χ4n) is 1.62. The number of ether oxygens (including phenoxy) is 2. The van der Waals surface area contributed by atoms with E-state index >= 15 is 0 Å². The van der Waals surface area contributed by atoms with Gasteiger partial charge in [-0.3, -0.25) is 0 Å². The van der Waals surface area contributed by atoms with Gasteiger partial charge in [-0.15, -0.1) is 0 Å². The summed E-state index contributed by atoms with van der Waals surface area (Å²) in [5.41, 5.74) is 1.11. The highest BCUT2D eigenvalue weighted by Gasteiger charge is 2.07. The van der Waals surface area contributed by atoms with E-state index in [1.165, 1.54) is 0 Å². The lowest BCUT2D eigenvalue weighted by Crippen LogP contribution is -2.35. The Balaban J connectivity index is 2.59. The molecule has 0 aliphatic rings. The van der Waals surface area contributed by atoms with Crippen molar-refractivity contribution in [2.75, 3.05) is 34.9 Å². The molecule has 0 heterocycles. The van der Waals surface area contributed by atoms with Crippen LogP contribution in [0.4, 0.5) is 0 Å². The average molecular weight is 252 g/mol. The van der Waals surface area contributed by atoms with Crippen LogP contribution in [0.1, 0.15) is 12.5 Å². The summed E-state index contributed by atoms with van der Waals surface area (Å²) in [6, 6.07) is 6.35. The summed E-state index contributed by atoms with van der Waals surface area (Å²) in [6.07, 6.45) is 0. The predicted molar refractivity (Wildman–Crippen MR) is 74.4 cm³/mol. The van der Waals surface area contributed by atoms with E-state index in [1.807, 2.05) is 18.2 Å². The van der Waals surface area contributed by atoms with E-state index in [0.717, 1.165) is 30.2 Å². The monoisotopic (exact) mass is 252 g/mol. The molecule has 1 unspecified atom stereocenters. The zero-order valence-corrected chi connectivity index (χ0v) is 12.0. The molecule has 18 heavy (non-hydrogen) atoms. The maximum absolute atomic E-state index is 5.34. The number of hydrogen-bond donors (Lipinski definition) is 1. The van der Waals surface area contributed by atoms with Crippen molar-refractivity contribution in [1.29, 1.82) is 0 Å². The van der Waals surface area contributed by atoms with Crippen molar-refractivity contribution in [2.45, 2.75) is 19.5 Å². The van der Waals surface area contributed by atoms with Crippen LogP contribution in [0.15, 0.2) is 18.2 Å². The van der Waals surface area contributed by atoms with Crippen LogP contribution in [-0.2, 0) is 6.54 Å². The van der Waals surface area contributed by atoms with Crippen molar-refractivity contribution < 1.29 is 9.47 Å². The molecule has 0 saturated heterocycles. The maximum atomic E-state index is 5.34. The second-order valence-corrected chi connectivity index (χ2v) is 4.62. The predicted octanol–water partition coefficient (Wildman–Crippen LogP) is 1.74. The Kier molecular flexibility index (Phi) is 5.95. The molecule has 1 rings (SSSR count). The number of hydrogen-bond acceptors (Lipinski definition) is 4. The fraction of sp³-hybridized carbons (Fsp3) is 0.571. The van der Waals surface area contributed by atoms with Crippen molar-refractivity contribution >= 4 is 0 Å². The topological polar surface area (TPSA) is 33.7 Å². The van der Waals surface area contributed by atoms with Gasteiger partial charge in [-0.25, -0.2) is 0 Å². The molecule has 1 aromatic rings. The highest BCUT2D eigenvalue weighted by molar-refractivity contribution is 5.40. The van der Waals surface area contributed by atoms with Gasteiger partial charge in [0, 0.05) is 24.7 Å². The third-order valence-electron chi connectivity index (χ3n) is 3.12. The number of rotatable bonds is 7. The molecule has 0 aliphatic carbocycles. The lowest BCUT2D eigenvalue weighted by atomic mass is 10.2. The van der Waals surface area contributed by atoms with E-state index in [1.54, 1.807) is 14.2 Å². The van der Waals surface area contributed by atoms with E-state index in [2.05, 4.69) is 31.2 Å². The molecule has 0 bridgehead atoms. The first-order chi connectivity index (χ1) is 8.58. The van der Waals surface area contributed by atoms with Gasteiger partial charge in [-0.2, -0.15) is 0 Å². The maximum Gasteiger partial charge on any atom is 0.123 e.